The van der Waals surface area contributed by atoms with Gasteiger partial charge in [0.15, 0.2) is 0 Å². The van der Waals surface area contributed by atoms with Gasteiger partial charge in [-0.3, -0.25) is 10.2 Å². The highest BCUT2D eigenvalue weighted by Gasteiger charge is 2.35. The fourth-order valence-electron chi connectivity index (χ4n) is 4.68. The molecule has 1 aromatic heterocycles. The molecule has 2 aromatic carbocycles. The van der Waals surface area contributed by atoms with Gasteiger partial charge in [-0.05, 0) is 43.2 Å². The normalized spacial score (nSPS) is 18.2. The lowest BCUT2D eigenvalue weighted by Gasteiger charge is -2.21. The summed E-state index contributed by atoms with van der Waals surface area (Å²) < 4.78 is 40.6. The summed E-state index contributed by atoms with van der Waals surface area (Å²) in [6, 6.07) is 11.8. The van der Waals surface area contributed by atoms with Crippen LogP contribution in [0.25, 0.3) is 5.69 Å². The Kier molecular flexibility index (Phi) is 9.50. The Labute approximate surface area is 226 Å². The number of carbonyl (C=O) groups is 1. The second kappa shape index (κ2) is 13.0. The number of halogens is 2. The molecule has 1 aliphatic rings. The SMILES string of the molecule is CCC(O)COc1nn(-c2ccccc2)c(NC(=O)NC2CN(CCOC)CC2c2cc(F)cc(F)c2)c1C. The highest BCUT2D eigenvalue weighted by molar-refractivity contribution is 5.90. The Balaban J connectivity index is 1.57. The van der Waals surface area contributed by atoms with E-state index in [4.69, 9.17) is 9.47 Å². The maximum absolute atomic E-state index is 14.0. The summed E-state index contributed by atoms with van der Waals surface area (Å²) in [5, 5.41) is 20.4. The van der Waals surface area contributed by atoms with Crippen LogP contribution >= 0.6 is 0 Å². The summed E-state index contributed by atoms with van der Waals surface area (Å²) in [5.41, 5.74) is 1.78. The minimum Gasteiger partial charge on any atom is -0.474 e. The van der Waals surface area contributed by atoms with Gasteiger partial charge in [0, 0.05) is 38.7 Å². The molecule has 3 N–H and O–H groups in total. The van der Waals surface area contributed by atoms with E-state index < -0.39 is 29.8 Å². The number of nitrogens with zero attached hydrogens (tertiary/aromatic N) is 3. The van der Waals surface area contributed by atoms with E-state index in [1.54, 1.807) is 18.7 Å². The van der Waals surface area contributed by atoms with E-state index in [1.807, 2.05) is 37.3 Å². The molecule has 11 heteroatoms. The van der Waals surface area contributed by atoms with Crippen molar-refractivity contribution in [1.82, 2.24) is 20.0 Å². The second-order valence-electron chi connectivity index (χ2n) is 9.67. The van der Waals surface area contributed by atoms with E-state index in [0.717, 1.165) is 6.07 Å². The molecular weight excluding hydrogens is 508 g/mol. The molecule has 1 fully saturated rings. The number of aliphatic hydroxyl groups excluding tert-OH is 1. The summed E-state index contributed by atoms with van der Waals surface area (Å²) in [6.07, 6.45) is -0.107. The lowest BCUT2D eigenvalue weighted by molar-refractivity contribution is 0.101. The van der Waals surface area contributed by atoms with Crippen LogP contribution in [-0.4, -0.2) is 77.9 Å². The molecule has 4 rings (SSSR count). The molecular formula is C28H35F2N5O4. The number of urea groups is 1. The van der Waals surface area contributed by atoms with E-state index in [0.29, 0.717) is 61.2 Å². The first-order valence-corrected chi connectivity index (χ1v) is 13.0. The number of likely N-dealkylation sites (tertiary alicyclic amines) is 1. The monoisotopic (exact) mass is 543 g/mol. The van der Waals surface area contributed by atoms with Crippen molar-refractivity contribution in [2.75, 3.05) is 45.3 Å². The topological polar surface area (TPSA) is 101 Å². The highest BCUT2D eigenvalue weighted by atomic mass is 19.1. The van der Waals surface area contributed by atoms with Gasteiger partial charge in [-0.1, -0.05) is 25.1 Å². The average Bonchev–Trinajstić information content (AvgIpc) is 3.46. The largest absolute Gasteiger partial charge is 0.474 e. The first-order valence-electron chi connectivity index (χ1n) is 13.0. The molecule has 3 unspecified atom stereocenters. The molecule has 0 aliphatic carbocycles. The molecule has 9 nitrogen and oxygen atoms in total. The molecule has 2 heterocycles. The molecule has 0 saturated carbocycles. The minimum atomic E-state index is -0.661. The molecule has 0 bridgehead atoms. The summed E-state index contributed by atoms with van der Waals surface area (Å²) in [7, 11) is 1.61. The van der Waals surface area contributed by atoms with Crippen molar-refractivity contribution in [2.45, 2.75) is 38.3 Å². The Morgan fingerprint density at radius 3 is 2.56 bits per heavy atom. The van der Waals surface area contributed by atoms with Gasteiger partial charge in [0.2, 0.25) is 5.88 Å². The first kappa shape index (κ1) is 28.5. The van der Waals surface area contributed by atoms with E-state index >= 15 is 0 Å². The number of aliphatic hydroxyl groups is 1. The van der Waals surface area contributed by atoms with Crippen molar-refractivity contribution in [3.63, 3.8) is 0 Å². The smallest absolute Gasteiger partial charge is 0.320 e. The lowest BCUT2D eigenvalue weighted by atomic mass is 9.94. The minimum absolute atomic E-state index is 0.0695. The summed E-state index contributed by atoms with van der Waals surface area (Å²) >= 11 is 0. The number of hydrogen-bond donors (Lipinski definition) is 3. The van der Waals surface area contributed by atoms with Gasteiger partial charge in [0.05, 0.1) is 30.0 Å². The van der Waals surface area contributed by atoms with Crippen LogP contribution in [0.2, 0.25) is 0 Å². The van der Waals surface area contributed by atoms with Crippen LogP contribution in [-0.2, 0) is 4.74 Å². The number of aromatic nitrogens is 2. The van der Waals surface area contributed by atoms with Crippen molar-refractivity contribution in [3.8, 4) is 11.6 Å². The van der Waals surface area contributed by atoms with Gasteiger partial charge in [-0.25, -0.2) is 18.3 Å². The molecule has 210 valence electrons. The first-order chi connectivity index (χ1) is 18.8. The zero-order valence-corrected chi connectivity index (χ0v) is 22.4. The quantitative estimate of drug-likeness (QED) is 0.340. The third-order valence-electron chi connectivity index (χ3n) is 6.83. The number of benzene rings is 2. The second-order valence-corrected chi connectivity index (χ2v) is 9.67. The van der Waals surface area contributed by atoms with Crippen LogP contribution in [0.15, 0.2) is 48.5 Å². The maximum Gasteiger partial charge on any atom is 0.320 e. The molecule has 39 heavy (non-hydrogen) atoms. The van der Waals surface area contributed by atoms with Gasteiger partial charge < -0.3 is 19.9 Å². The van der Waals surface area contributed by atoms with Gasteiger partial charge in [-0.15, -0.1) is 5.10 Å². The van der Waals surface area contributed by atoms with Crippen molar-refractivity contribution in [1.29, 1.82) is 0 Å². The Bertz CT molecular complexity index is 1240. The molecule has 2 amide bonds. The number of ether oxygens (including phenoxy) is 2. The summed E-state index contributed by atoms with van der Waals surface area (Å²) in [6.45, 7) is 5.81. The van der Waals surface area contributed by atoms with Crippen molar-refractivity contribution in [2.24, 2.45) is 0 Å². The number of rotatable bonds is 11. The molecule has 3 atom stereocenters. The summed E-state index contributed by atoms with van der Waals surface area (Å²) in [4.78, 5) is 15.4. The van der Waals surface area contributed by atoms with Crippen LogP contribution in [0, 0.1) is 18.6 Å². The predicted octanol–water partition coefficient (Wildman–Crippen LogP) is 3.84. The van der Waals surface area contributed by atoms with E-state index in [2.05, 4.69) is 20.6 Å². The molecule has 0 radical (unpaired) electrons. The standard InChI is InChI=1S/C28H35F2N5O4/c1-4-23(36)17-39-27-18(2)26(35(33-27)22-8-6-5-7-9-22)32-28(37)31-25-16-34(10-11-38-3)15-24(25)19-12-20(29)14-21(30)13-19/h5-9,12-14,23-25,36H,4,10-11,15-17H2,1-3H3,(H2,31,32,37). The van der Waals surface area contributed by atoms with Crippen molar-refractivity contribution >= 4 is 11.8 Å². The zero-order valence-electron chi connectivity index (χ0n) is 22.4. The van der Waals surface area contributed by atoms with Gasteiger partial charge >= 0.3 is 6.03 Å². The number of methoxy groups -OCH3 is 1. The third kappa shape index (κ3) is 7.11. The van der Waals surface area contributed by atoms with E-state index in [1.165, 1.54) is 12.1 Å². The zero-order chi connectivity index (χ0) is 27.9. The lowest BCUT2D eigenvalue weighted by Crippen LogP contribution is -2.42. The molecule has 0 spiro atoms. The van der Waals surface area contributed by atoms with Crippen LogP contribution in [0.3, 0.4) is 0 Å². The van der Waals surface area contributed by atoms with Crippen molar-refractivity contribution < 1.29 is 28.2 Å². The Hall–Kier alpha value is -3.54. The predicted molar refractivity (Wildman–Crippen MR) is 143 cm³/mol. The van der Waals surface area contributed by atoms with Crippen LogP contribution in [0.1, 0.15) is 30.4 Å². The van der Waals surface area contributed by atoms with Crippen LogP contribution in [0.4, 0.5) is 19.4 Å². The average molecular weight is 544 g/mol. The van der Waals surface area contributed by atoms with Crippen LogP contribution < -0.4 is 15.4 Å². The van der Waals surface area contributed by atoms with Crippen LogP contribution in [0.5, 0.6) is 5.88 Å². The molecule has 1 saturated heterocycles. The van der Waals surface area contributed by atoms with E-state index in [9.17, 15) is 18.7 Å². The van der Waals surface area contributed by atoms with Crippen molar-refractivity contribution in [3.05, 3.63) is 71.3 Å². The fourth-order valence-corrected chi connectivity index (χ4v) is 4.68. The number of nitrogens with one attached hydrogen (secondary N) is 2. The summed E-state index contributed by atoms with van der Waals surface area (Å²) in [5.74, 6) is -0.950. The molecule has 1 aliphatic heterocycles. The number of amides is 2. The van der Waals surface area contributed by atoms with Gasteiger partial charge in [0.25, 0.3) is 0 Å². The Morgan fingerprint density at radius 2 is 1.90 bits per heavy atom. The third-order valence-corrected chi connectivity index (χ3v) is 6.83. The fraction of sp³-hybridized carbons (Fsp3) is 0.429. The Morgan fingerprint density at radius 1 is 1.18 bits per heavy atom. The number of anilines is 1. The van der Waals surface area contributed by atoms with Gasteiger partial charge in [-0.2, -0.15) is 0 Å². The maximum atomic E-state index is 14.0. The molecule has 3 aromatic rings. The number of para-hydroxylation sites is 1. The highest BCUT2D eigenvalue weighted by Crippen LogP contribution is 2.31. The van der Waals surface area contributed by atoms with Gasteiger partial charge in [0.1, 0.15) is 24.1 Å². The number of hydrogen-bond acceptors (Lipinski definition) is 6. The van der Waals surface area contributed by atoms with E-state index in [-0.39, 0.29) is 12.5 Å². The number of carbonyl (C=O) groups excluding carboxylic acids is 1.